The molecule has 39 heavy (non-hydrogen) atoms. The van der Waals surface area contributed by atoms with Crippen LogP contribution in [0.3, 0.4) is 0 Å². The molecule has 0 amide bonds. The smallest absolute Gasteiger partial charge is 0.00199 e. The molecule has 8 aromatic rings. The normalized spacial score (nSPS) is 11.7. The minimum atomic E-state index is 1.26. The van der Waals surface area contributed by atoms with Gasteiger partial charge in [-0.05, 0) is 101 Å². The summed E-state index contributed by atoms with van der Waals surface area (Å²) in [7, 11) is 0. The third-order valence-electron chi connectivity index (χ3n) is 8.36. The van der Waals surface area contributed by atoms with Crippen LogP contribution in [0.15, 0.2) is 140 Å². The van der Waals surface area contributed by atoms with Gasteiger partial charge in [0.2, 0.25) is 0 Å². The predicted octanol–water partition coefficient (Wildman–Crippen LogP) is 11.1. The Morgan fingerprint density at radius 2 is 0.846 bits per heavy atom. The molecular weight excluding hydrogens is 468 g/mol. The van der Waals surface area contributed by atoms with Crippen molar-refractivity contribution >= 4 is 53.9 Å². The van der Waals surface area contributed by atoms with Crippen molar-refractivity contribution in [3.05, 3.63) is 145 Å². The topological polar surface area (TPSA) is 0 Å². The molecule has 0 nitrogen and oxygen atoms in total. The van der Waals surface area contributed by atoms with Gasteiger partial charge in [0.05, 0.1) is 0 Å². The van der Waals surface area contributed by atoms with Crippen LogP contribution >= 0.6 is 0 Å². The quantitative estimate of drug-likeness (QED) is 0.166. The van der Waals surface area contributed by atoms with Gasteiger partial charge >= 0.3 is 0 Å². The number of benzene rings is 8. The summed E-state index contributed by atoms with van der Waals surface area (Å²) in [6, 6.07) is 51.4. The Hall–Kier alpha value is -4.94. The molecule has 0 radical (unpaired) electrons. The fourth-order valence-electron chi connectivity index (χ4n) is 6.56. The van der Waals surface area contributed by atoms with Crippen molar-refractivity contribution in [2.45, 2.75) is 6.92 Å². The van der Waals surface area contributed by atoms with E-state index in [9.17, 15) is 0 Å². The van der Waals surface area contributed by atoms with Gasteiger partial charge in [-0.15, -0.1) is 0 Å². The zero-order chi connectivity index (χ0) is 25.9. The second-order valence-electron chi connectivity index (χ2n) is 10.5. The Morgan fingerprint density at radius 3 is 1.54 bits per heavy atom. The minimum Gasteiger partial charge on any atom is -0.0616 e. The molecule has 0 N–H and O–H groups in total. The van der Waals surface area contributed by atoms with E-state index in [0.29, 0.717) is 0 Å². The van der Waals surface area contributed by atoms with E-state index >= 15 is 0 Å². The third-order valence-corrected chi connectivity index (χ3v) is 8.36. The Bertz CT molecular complexity index is 2180. The van der Waals surface area contributed by atoms with Crippen molar-refractivity contribution in [2.75, 3.05) is 0 Å². The van der Waals surface area contributed by atoms with Gasteiger partial charge < -0.3 is 0 Å². The van der Waals surface area contributed by atoms with Crippen molar-refractivity contribution in [3.8, 4) is 22.3 Å². The summed E-state index contributed by atoms with van der Waals surface area (Å²) < 4.78 is 0. The highest BCUT2D eigenvalue weighted by molar-refractivity contribution is 6.26. The molecular formula is C39H26. The molecule has 0 aliphatic heterocycles. The first-order chi connectivity index (χ1) is 19.3. The van der Waals surface area contributed by atoms with Gasteiger partial charge in [0.1, 0.15) is 0 Å². The molecule has 0 saturated carbocycles. The van der Waals surface area contributed by atoms with E-state index in [1.165, 1.54) is 81.7 Å². The van der Waals surface area contributed by atoms with E-state index in [-0.39, 0.29) is 0 Å². The molecule has 8 aromatic carbocycles. The molecule has 182 valence electrons. The van der Waals surface area contributed by atoms with Crippen LogP contribution < -0.4 is 0 Å². The lowest BCUT2D eigenvalue weighted by molar-refractivity contribution is 1.54. The SMILES string of the molecule is Cc1cccc2c1cc(-c1c3ccccc3c(-c3ccc4ccccc4c3)c3ccccc13)c1ccccc12. The van der Waals surface area contributed by atoms with Gasteiger partial charge in [0.25, 0.3) is 0 Å². The molecule has 0 aromatic heterocycles. The molecule has 0 heteroatoms. The summed E-state index contributed by atoms with van der Waals surface area (Å²) in [4.78, 5) is 0. The first-order valence-electron chi connectivity index (χ1n) is 13.6. The molecule has 0 heterocycles. The largest absolute Gasteiger partial charge is 0.0616 e. The Balaban J connectivity index is 1.56. The van der Waals surface area contributed by atoms with Gasteiger partial charge in [-0.2, -0.15) is 0 Å². The van der Waals surface area contributed by atoms with Gasteiger partial charge in [0.15, 0.2) is 0 Å². The number of hydrogen-bond donors (Lipinski definition) is 0. The Kier molecular flexibility index (Phi) is 4.84. The molecule has 0 aliphatic rings. The molecule has 0 aliphatic carbocycles. The van der Waals surface area contributed by atoms with Gasteiger partial charge in [-0.25, -0.2) is 0 Å². The summed E-state index contributed by atoms with van der Waals surface area (Å²) in [6.07, 6.45) is 0. The summed E-state index contributed by atoms with van der Waals surface area (Å²) in [5.41, 5.74) is 6.47. The standard InChI is InChI=1S/C39H26/c1-25-11-10-20-30-29-14-4-5-15-31(29)37(24-36(25)30)39-34-18-8-6-16-32(34)38(33-17-7-9-19-35(33)39)28-22-21-26-12-2-3-13-27(26)23-28/h2-24H,1H3. The monoisotopic (exact) mass is 494 g/mol. The van der Waals surface area contributed by atoms with Crippen molar-refractivity contribution in [3.63, 3.8) is 0 Å². The van der Waals surface area contributed by atoms with E-state index in [1.807, 2.05) is 0 Å². The summed E-state index contributed by atoms with van der Waals surface area (Å²) in [5.74, 6) is 0. The van der Waals surface area contributed by atoms with Crippen molar-refractivity contribution in [1.29, 1.82) is 0 Å². The van der Waals surface area contributed by atoms with Crippen LogP contribution in [0.1, 0.15) is 5.56 Å². The summed E-state index contributed by atoms with van der Waals surface area (Å²) in [5, 5.41) is 12.9. The molecule has 0 unspecified atom stereocenters. The first-order valence-corrected chi connectivity index (χ1v) is 13.6. The van der Waals surface area contributed by atoms with Crippen LogP contribution in [0, 0.1) is 6.92 Å². The average Bonchev–Trinajstić information content (AvgIpc) is 2.99. The fraction of sp³-hybridized carbons (Fsp3) is 0.0256. The van der Waals surface area contributed by atoms with E-state index in [0.717, 1.165) is 0 Å². The number of hydrogen-bond acceptors (Lipinski definition) is 0. The molecule has 0 spiro atoms. The zero-order valence-corrected chi connectivity index (χ0v) is 21.8. The van der Waals surface area contributed by atoms with Crippen LogP contribution in [0.2, 0.25) is 0 Å². The maximum absolute atomic E-state index is 2.43. The Morgan fingerprint density at radius 1 is 0.333 bits per heavy atom. The lowest BCUT2D eigenvalue weighted by Gasteiger charge is -2.20. The van der Waals surface area contributed by atoms with Crippen molar-refractivity contribution < 1.29 is 0 Å². The van der Waals surface area contributed by atoms with Crippen LogP contribution in [0.25, 0.3) is 76.1 Å². The molecule has 0 bridgehead atoms. The maximum atomic E-state index is 2.43. The number of aryl methyl sites for hydroxylation is 1. The highest BCUT2D eigenvalue weighted by atomic mass is 14.2. The highest BCUT2D eigenvalue weighted by Crippen LogP contribution is 2.46. The summed E-state index contributed by atoms with van der Waals surface area (Å²) in [6.45, 7) is 2.22. The van der Waals surface area contributed by atoms with Gasteiger partial charge in [0, 0.05) is 0 Å². The Labute approximate surface area is 227 Å². The van der Waals surface area contributed by atoms with Crippen LogP contribution in [-0.2, 0) is 0 Å². The lowest BCUT2D eigenvalue weighted by Crippen LogP contribution is -1.92. The second kappa shape index (κ2) is 8.55. The van der Waals surface area contributed by atoms with E-state index < -0.39 is 0 Å². The van der Waals surface area contributed by atoms with Crippen molar-refractivity contribution in [2.24, 2.45) is 0 Å². The van der Waals surface area contributed by atoms with Gasteiger partial charge in [-0.1, -0.05) is 127 Å². The predicted molar refractivity (Wildman–Crippen MR) is 170 cm³/mol. The van der Waals surface area contributed by atoms with Crippen LogP contribution in [0.4, 0.5) is 0 Å². The number of rotatable bonds is 2. The molecule has 0 saturated heterocycles. The van der Waals surface area contributed by atoms with E-state index in [4.69, 9.17) is 0 Å². The summed E-state index contributed by atoms with van der Waals surface area (Å²) >= 11 is 0. The number of fused-ring (bicyclic) bond motifs is 6. The third kappa shape index (κ3) is 3.32. The fourth-order valence-corrected chi connectivity index (χ4v) is 6.56. The maximum Gasteiger partial charge on any atom is -0.00199 e. The first kappa shape index (κ1) is 22.1. The van der Waals surface area contributed by atoms with Crippen LogP contribution in [0.5, 0.6) is 0 Å². The lowest BCUT2D eigenvalue weighted by atomic mass is 9.83. The second-order valence-corrected chi connectivity index (χ2v) is 10.5. The van der Waals surface area contributed by atoms with Crippen LogP contribution in [-0.4, -0.2) is 0 Å². The zero-order valence-electron chi connectivity index (χ0n) is 21.8. The molecule has 0 fully saturated rings. The highest BCUT2D eigenvalue weighted by Gasteiger charge is 2.19. The van der Waals surface area contributed by atoms with Crippen molar-refractivity contribution in [1.82, 2.24) is 0 Å². The average molecular weight is 495 g/mol. The van der Waals surface area contributed by atoms with Gasteiger partial charge in [-0.3, -0.25) is 0 Å². The van der Waals surface area contributed by atoms with E-state index in [1.54, 1.807) is 0 Å². The van der Waals surface area contributed by atoms with E-state index in [2.05, 4.69) is 146 Å². The molecule has 8 rings (SSSR count). The molecule has 0 atom stereocenters. The minimum absolute atomic E-state index is 1.26.